The smallest absolute Gasteiger partial charge is 0.0413 e. The second-order valence-electron chi connectivity index (χ2n) is 3.69. The van der Waals surface area contributed by atoms with E-state index in [0.29, 0.717) is 0 Å². The Bertz CT molecular complexity index is 241. The molecular formula is C11H16BrSi. The lowest BCUT2D eigenvalue weighted by molar-refractivity contribution is 0.909. The molecule has 0 amide bonds. The van der Waals surface area contributed by atoms with Crippen molar-refractivity contribution in [2.75, 3.05) is 0 Å². The van der Waals surface area contributed by atoms with E-state index in [4.69, 9.17) is 0 Å². The number of rotatable bonds is 4. The fourth-order valence-electron chi connectivity index (χ4n) is 1.30. The summed E-state index contributed by atoms with van der Waals surface area (Å²) in [6.45, 7) is 4.76. The van der Waals surface area contributed by atoms with Crippen LogP contribution < -0.4 is 0 Å². The standard InChI is InChI=1S/C11H16BrSi/c1-13(2)9-3-4-10-5-7-11(12)8-6-10/h5-8H,3-4,9H2,1-2H3. The van der Waals surface area contributed by atoms with Crippen molar-refractivity contribution >= 4 is 24.7 Å². The Kier molecular flexibility index (Phi) is 4.74. The highest BCUT2D eigenvalue weighted by Gasteiger charge is 1.97. The minimum Gasteiger partial charge on any atom is -0.0713 e. The Morgan fingerprint density at radius 1 is 1.15 bits per heavy atom. The van der Waals surface area contributed by atoms with Gasteiger partial charge in [-0.05, 0) is 24.1 Å². The van der Waals surface area contributed by atoms with E-state index in [1.54, 1.807) is 0 Å². The lowest BCUT2D eigenvalue weighted by Gasteiger charge is -2.03. The van der Waals surface area contributed by atoms with E-state index in [1.165, 1.54) is 28.9 Å². The van der Waals surface area contributed by atoms with E-state index in [2.05, 4.69) is 53.3 Å². The van der Waals surface area contributed by atoms with Gasteiger partial charge in [-0.15, -0.1) is 0 Å². The molecule has 0 saturated heterocycles. The summed E-state index contributed by atoms with van der Waals surface area (Å²) in [5.41, 5.74) is 1.46. The third-order valence-electron chi connectivity index (χ3n) is 2.06. The van der Waals surface area contributed by atoms with Crippen LogP contribution in [0.1, 0.15) is 12.0 Å². The maximum Gasteiger partial charge on any atom is 0.0413 e. The molecule has 0 saturated carbocycles. The Balaban J connectivity index is 2.33. The first-order valence-corrected chi connectivity index (χ1v) is 8.22. The largest absolute Gasteiger partial charge is 0.0713 e. The number of benzene rings is 1. The normalized spacial score (nSPS) is 10.8. The summed E-state index contributed by atoms with van der Waals surface area (Å²) >= 11 is 3.44. The first kappa shape index (κ1) is 11.0. The van der Waals surface area contributed by atoms with E-state index in [1.807, 2.05) is 0 Å². The fraction of sp³-hybridized carbons (Fsp3) is 0.455. The molecule has 1 aromatic carbocycles. The van der Waals surface area contributed by atoms with Crippen LogP contribution in [-0.4, -0.2) is 8.80 Å². The minimum atomic E-state index is -0.0215. The van der Waals surface area contributed by atoms with E-state index in [0.717, 1.165) is 0 Å². The molecule has 0 heterocycles. The molecule has 0 aromatic heterocycles. The Morgan fingerprint density at radius 3 is 2.31 bits per heavy atom. The van der Waals surface area contributed by atoms with Gasteiger partial charge in [-0.25, -0.2) is 0 Å². The summed E-state index contributed by atoms with van der Waals surface area (Å²) in [5, 5.41) is 0. The fourth-order valence-corrected chi connectivity index (χ4v) is 2.45. The number of hydrogen-bond donors (Lipinski definition) is 0. The highest BCUT2D eigenvalue weighted by Crippen LogP contribution is 2.12. The highest BCUT2D eigenvalue weighted by molar-refractivity contribution is 9.10. The van der Waals surface area contributed by atoms with Crippen LogP contribution in [0.25, 0.3) is 0 Å². The third kappa shape index (κ3) is 4.63. The zero-order chi connectivity index (χ0) is 9.68. The van der Waals surface area contributed by atoms with Crippen molar-refractivity contribution in [3.63, 3.8) is 0 Å². The van der Waals surface area contributed by atoms with Crippen molar-refractivity contribution in [3.05, 3.63) is 34.3 Å². The van der Waals surface area contributed by atoms with Crippen LogP contribution in [0.2, 0.25) is 19.1 Å². The zero-order valence-electron chi connectivity index (χ0n) is 8.31. The van der Waals surface area contributed by atoms with Crippen LogP contribution in [0.3, 0.4) is 0 Å². The van der Waals surface area contributed by atoms with Gasteiger partial charge >= 0.3 is 0 Å². The summed E-state index contributed by atoms with van der Waals surface area (Å²) in [6.07, 6.45) is 2.59. The molecule has 0 bridgehead atoms. The van der Waals surface area contributed by atoms with Crippen LogP contribution in [-0.2, 0) is 6.42 Å². The molecule has 0 unspecified atom stereocenters. The van der Waals surface area contributed by atoms with Gasteiger partial charge in [0.2, 0.25) is 0 Å². The van der Waals surface area contributed by atoms with Crippen LogP contribution in [0.4, 0.5) is 0 Å². The van der Waals surface area contributed by atoms with Crippen molar-refractivity contribution in [1.82, 2.24) is 0 Å². The minimum absolute atomic E-state index is 0.0215. The molecular weight excluding hydrogens is 240 g/mol. The highest BCUT2D eigenvalue weighted by atomic mass is 79.9. The van der Waals surface area contributed by atoms with E-state index in [-0.39, 0.29) is 8.80 Å². The second-order valence-corrected chi connectivity index (χ2v) is 7.52. The van der Waals surface area contributed by atoms with Gasteiger partial charge < -0.3 is 0 Å². The van der Waals surface area contributed by atoms with Gasteiger partial charge in [0.1, 0.15) is 0 Å². The molecule has 1 radical (unpaired) electrons. The number of hydrogen-bond acceptors (Lipinski definition) is 0. The summed E-state index contributed by atoms with van der Waals surface area (Å²) in [4.78, 5) is 0. The van der Waals surface area contributed by atoms with Crippen molar-refractivity contribution in [1.29, 1.82) is 0 Å². The van der Waals surface area contributed by atoms with Gasteiger partial charge in [0.15, 0.2) is 0 Å². The van der Waals surface area contributed by atoms with Crippen molar-refractivity contribution < 1.29 is 0 Å². The van der Waals surface area contributed by atoms with Crippen LogP contribution in [0.15, 0.2) is 28.7 Å². The average Bonchev–Trinajstić information content (AvgIpc) is 2.08. The van der Waals surface area contributed by atoms with Gasteiger partial charge in [0.25, 0.3) is 0 Å². The molecule has 2 heteroatoms. The Labute approximate surface area is 91.1 Å². The first-order valence-electron chi connectivity index (χ1n) is 4.72. The predicted octanol–water partition coefficient (Wildman–Crippen LogP) is 4.14. The summed E-state index contributed by atoms with van der Waals surface area (Å²) in [5.74, 6) is 0. The summed E-state index contributed by atoms with van der Waals surface area (Å²) in [6, 6.07) is 10.1. The number of aryl methyl sites for hydroxylation is 1. The average molecular weight is 256 g/mol. The summed E-state index contributed by atoms with van der Waals surface area (Å²) < 4.78 is 1.17. The number of halogens is 1. The van der Waals surface area contributed by atoms with E-state index in [9.17, 15) is 0 Å². The van der Waals surface area contributed by atoms with Gasteiger partial charge in [-0.1, -0.05) is 53.6 Å². The van der Waals surface area contributed by atoms with Crippen molar-refractivity contribution in [2.24, 2.45) is 0 Å². The van der Waals surface area contributed by atoms with Gasteiger partial charge in [0.05, 0.1) is 0 Å². The quantitative estimate of drug-likeness (QED) is 0.710. The topological polar surface area (TPSA) is 0 Å². The molecule has 0 fully saturated rings. The molecule has 0 aliphatic heterocycles. The Morgan fingerprint density at radius 2 is 1.77 bits per heavy atom. The molecule has 0 nitrogen and oxygen atoms in total. The predicted molar refractivity (Wildman–Crippen MR) is 64.8 cm³/mol. The lowest BCUT2D eigenvalue weighted by atomic mass is 10.1. The molecule has 13 heavy (non-hydrogen) atoms. The first-order chi connectivity index (χ1) is 6.18. The molecule has 0 spiro atoms. The second kappa shape index (κ2) is 5.61. The summed E-state index contributed by atoms with van der Waals surface area (Å²) in [7, 11) is -0.0215. The van der Waals surface area contributed by atoms with Gasteiger partial charge in [-0.2, -0.15) is 0 Å². The van der Waals surface area contributed by atoms with Gasteiger partial charge in [0, 0.05) is 13.3 Å². The molecule has 1 rings (SSSR count). The van der Waals surface area contributed by atoms with Crippen molar-refractivity contribution in [2.45, 2.75) is 32.0 Å². The molecule has 71 valence electrons. The maximum atomic E-state index is 3.44. The SMILES string of the molecule is C[Si](C)CCCc1ccc(Br)cc1. The molecule has 0 aliphatic rings. The molecule has 1 aromatic rings. The van der Waals surface area contributed by atoms with E-state index >= 15 is 0 Å². The molecule has 0 atom stereocenters. The van der Waals surface area contributed by atoms with Gasteiger partial charge in [-0.3, -0.25) is 0 Å². The van der Waals surface area contributed by atoms with Crippen molar-refractivity contribution in [3.8, 4) is 0 Å². The molecule has 0 aliphatic carbocycles. The third-order valence-corrected chi connectivity index (χ3v) is 3.94. The maximum absolute atomic E-state index is 3.44. The van der Waals surface area contributed by atoms with E-state index < -0.39 is 0 Å². The van der Waals surface area contributed by atoms with Crippen LogP contribution in [0.5, 0.6) is 0 Å². The van der Waals surface area contributed by atoms with Crippen LogP contribution >= 0.6 is 15.9 Å². The van der Waals surface area contributed by atoms with Crippen LogP contribution in [0, 0.1) is 0 Å². The monoisotopic (exact) mass is 255 g/mol. The Hall–Kier alpha value is -0.0831. The molecule has 0 N–H and O–H groups in total. The lowest BCUT2D eigenvalue weighted by Crippen LogP contribution is -1.99. The zero-order valence-corrected chi connectivity index (χ0v) is 10.9.